The van der Waals surface area contributed by atoms with Crippen LogP contribution in [0, 0.1) is 5.41 Å². The number of aromatic nitrogens is 1. The zero-order valence-corrected chi connectivity index (χ0v) is 7.66. The van der Waals surface area contributed by atoms with E-state index in [2.05, 4.69) is 4.98 Å². The van der Waals surface area contributed by atoms with Gasteiger partial charge in [0.15, 0.2) is 0 Å². The number of rotatable bonds is 3. The van der Waals surface area contributed by atoms with E-state index in [9.17, 15) is 5.11 Å². The average Bonchev–Trinajstić information content (AvgIpc) is 2.54. The summed E-state index contributed by atoms with van der Waals surface area (Å²) >= 11 is 0. The van der Waals surface area contributed by atoms with Gasteiger partial charge in [0.2, 0.25) is 0 Å². The monoisotopic (exact) mass is 180 g/mol. The summed E-state index contributed by atoms with van der Waals surface area (Å²) in [6.45, 7) is 0.208. The average molecular weight is 180 g/mol. The van der Waals surface area contributed by atoms with Gasteiger partial charge >= 0.3 is 0 Å². The van der Waals surface area contributed by atoms with Gasteiger partial charge in [-0.15, -0.1) is 0 Å². The molecule has 0 aliphatic heterocycles. The van der Waals surface area contributed by atoms with Crippen molar-refractivity contribution in [2.24, 2.45) is 11.1 Å². The molecule has 1 saturated carbocycles. The molecule has 0 bridgehead atoms. The summed E-state index contributed by atoms with van der Waals surface area (Å²) in [4.78, 5) is 2.99. The normalized spacial score (nSPS) is 22.3. The predicted molar refractivity (Wildman–Crippen MR) is 51.1 cm³/mol. The summed E-state index contributed by atoms with van der Waals surface area (Å²) in [5, 5.41) is 9.32. The third-order valence-electron chi connectivity index (χ3n) is 3.31. The van der Waals surface area contributed by atoms with Crippen LogP contribution in [0.25, 0.3) is 0 Å². The molecule has 1 aromatic rings. The Morgan fingerprint density at radius 2 is 2.38 bits per heavy atom. The van der Waals surface area contributed by atoms with E-state index in [1.807, 2.05) is 18.5 Å². The summed E-state index contributed by atoms with van der Waals surface area (Å²) in [5.41, 5.74) is 7.18. The lowest BCUT2D eigenvalue weighted by atomic mass is 9.63. The van der Waals surface area contributed by atoms with Gasteiger partial charge < -0.3 is 15.8 Å². The molecule has 1 heterocycles. The van der Waals surface area contributed by atoms with Crippen LogP contribution in [0.3, 0.4) is 0 Å². The molecule has 1 aromatic heterocycles. The maximum Gasteiger partial charge on any atom is 0.0505 e. The van der Waals surface area contributed by atoms with Crippen LogP contribution in [0.1, 0.15) is 30.9 Å². The molecule has 13 heavy (non-hydrogen) atoms. The summed E-state index contributed by atoms with van der Waals surface area (Å²) in [5.74, 6) is 0. The molecule has 0 radical (unpaired) electrons. The molecule has 0 aromatic carbocycles. The van der Waals surface area contributed by atoms with Gasteiger partial charge in [0.05, 0.1) is 6.61 Å². The van der Waals surface area contributed by atoms with Gasteiger partial charge in [-0.3, -0.25) is 0 Å². The van der Waals surface area contributed by atoms with Crippen LogP contribution in [0.4, 0.5) is 0 Å². The van der Waals surface area contributed by atoms with Crippen molar-refractivity contribution in [1.29, 1.82) is 0 Å². The standard InChI is InChI=1S/C10H16N2O/c11-9(8-2-5-12-6-8)10(7-13)3-1-4-10/h2,5-6,9,12-13H,1,3-4,7,11H2. The quantitative estimate of drug-likeness (QED) is 0.654. The van der Waals surface area contributed by atoms with Gasteiger partial charge in [-0.25, -0.2) is 0 Å². The molecule has 0 spiro atoms. The van der Waals surface area contributed by atoms with Crippen molar-refractivity contribution >= 4 is 0 Å². The Balaban J connectivity index is 2.16. The van der Waals surface area contributed by atoms with Crippen LogP contribution in [0.5, 0.6) is 0 Å². The van der Waals surface area contributed by atoms with E-state index in [1.54, 1.807) is 0 Å². The number of aromatic amines is 1. The minimum absolute atomic E-state index is 0.0162. The maximum atomic E-state index is 9.32. The molecule has 4 N–H and O–H groups in total. The number of aliphatic hydroxyl groups excluding tert-OH is 1. The second-order valence-corrected chi connectivity index (χ2v) is 4.00. The van der Waals surface area contributed by atoms with Crippen LogP contribution >= 0.6 is 0 Å². The number of nitrogens with two attached hydrogens (primary N) is 1. The van der Waals surface area contributed by atoms with Gasteiger partial charge in [0.25, 0.3) is 0 Å². The fourth-order valence-corrected chi connectivity index (χ4v) is 2.08. The van der Waals surface area contributed by atoms with Crippen LogP contribution < -0.4 is 5.73 Å². The largest absolute Gasteiger partial charge is 0.396 e. The highest BCUT2D eigenvalue weighted by molar-refractivity contribution is 5.18. The Bertz CT molecular complexity index is 259. The fraction of sp³-hybridized carbons (Fsp3) is 0.600. The smallest absolute Gasteiger partial charge is 0.0505 e. The Hall–Kier alpha value is -0.800. The summed E-state index contributed by atoms with van der Waals surface area (Å²) < 4.78 is 0. The lowest BCUT2D eigenvalue weighted by molar-refractivity contribution is 0.0184. The molecule has 2 rings (SSSR count). The maximum absolute atomic E-state index is 9.32. The van der Waals surface area contributed by atoms with Crippen LogP contribution in [0.2, 0.25) is 0 Å². The molecule has 1 aliphatic carbocycles. The summed E-state index contributed by atoms with van der Waals surface area (Å²) in [6.07, 6.45) is 7.09. The van der Waals surface area contributed by atoms with Crippen molar-refractivity contribution in [3.05, 3.63) is 24.0 Å². The molecule has 1 fully saturated rings. The molecule has 0 saturated heterocycles. The summed E-state index contributed by atoms with van der Waals surface area (Å²) in [6, 6.07) is 1.97. The third-order valence-corrected chi connectivity index (χ3v) is 3.31. The molecule has 3 nitrogen and oxygen atoms in total. The highest BCUT2D eigenvalue weighted by atomic mass is 16.3. The minimum atomic E-state index is -0.0395. The van der Waals surface area contributed by atoms with Crippen LogP contribution in [-0.4, -0.2) is 16.7 Å². The van der Waals surface area contributed by atoms with Crippen molar-refractivity contribution < 1.29 is 5.11 Å². The van der Waals surface area contributed by atoms with Crippen molar-refractivity contribution in [3.8, 4) is 0 Å². The van der Waals surface area contributed by atoms with E-state index in [4.69, 9.17) is 5.73 Å². The first-order chi connectivity index (χ1) is 6.28. The van der Waals surface area contributed by atoms with Gasteiger partial charge in [0, 0.05) is 23.9 Å². The molecular formula is C10H16N2O. The molecule has 72 valence electrons. The molecule has 3 heteroatoms. The number of H-pyrrole nitrogens is 1. The van der Waals surface area contributed by atoms with E-state index >= 15 is 0 Å². The number of hydrogen-bond acceptors (Lipinski definition) is 2. The molecule has 1 unspecified atom stereocenters. The first kappa shape index (κ1) is 8.78. The first-order valence-electron chi connectivity index (χ1n) is 4.78. The highest BCUT2D eigenvalue weighted by Crippen LogP contribution is 2.48. The van der Waals surface area contributed by atoms with E-state index in [-0.39, 0.29) is 18.1 Å². The summed E-state index contributed by atoms with van der Waals surface area (Å²) in [7, 11) is 0. The minimum Gasteiger partial charge on any atom is -0.396 e. The van der Waals surface area contributed by atoms with Crippen molar-refractivity contribution in [1.82, 2.24) is 4.98 Å². The predicted octanol–water partition coefficient (Wildman–Crippen LogP) is 1.18. The first-order valence-corrected chi connectivity index (χ1v) is 4.78. The van der Waals surface area contributed by atoms with E-state index in [0.717, 1.165) is 18.4 Å². The van der Waals surface area contributed by atoms with Gasteiger partial charge in [-0.05, 0) is 24.5 Å². The zero-order chi connectivity index (χ0) is 9.31. The van der Waals surface area contributed by atoms with Gasteiger partial charge in [0.1, 0.15) is 0 Å². The SMILES string of the molecule is NC(c1cc[nH]c1)C1(CO)CCC1. The molecular weight excluding hydrogens is 164 g/mol. The lowest BCUT2D eigenvalue weighted by Gasteiger charge is -2.44. The van der Waals surface area contributed by atoms with Crippen molar-refractivity contribution in [2.75, 3.05) is 6.61 Å². The van der Waals surface area contributed by atoms with Crippen LogP contribution in [0.15, 0.2) is 18.5 Å². The third kappa shape index (κ3) is 1.28. The Labute approximate surface area is 78.0 Å². The van der Waals surface area contributed by atoms with E-state index in [1.165, 1.54) is 6.42 Å². The lowest BCUT2D eigenvalue weighted by Crippen LogP contribution is -2.43. The van der Waals surface area contributed by atoms with Crippen LogP contribution in [-0.2, 0) is 0 Å². The Kier molecular flexibility index (Phi) is 2.14. The Morgan fingerprint density at radius 1 is 1.62 bits per heavy atom. The molecule has 0 amide bonds. The van der Waals surface area contributed by atoms with Gasteiger partial charge in [-0.1, -0.05) is 6.42 Å². The second-order valence-electron chi connectivity index (χ2n) is 4.00. The molecule has 1 atom stereocenters. The highest BCUT2D eigenvalue weighted by Gasteiger charge is 2.42. The molecule has 1 aliphatic rings. The van der Waals surface area contributed by atoms with Crippen molar-refractivity contribution in [2.45, 2.75) is 25.3 Å². The fourth-order valence-electron chi connectivity index (χ4n) is 2.08. The number of nitrogens with one attached hydrogen (secondary N) is 1. The van der Waals surface area contributed by atoms with E-state index in [0.29, 0.717) is 0 Å². The topological polar surface area (TPSA) is 62.0 Å². The van der Waals surface area contributed by atoms with Crippen molar-refractivity contribution in [3.63, 3.8) is 0 Å². The second kappa shape index (κ2) is 3.16. The number of hydrogen-bond donors (Lipinski definition) is 3. The van der Waals surface area contributed by atoms with E-state index < -0.39 is 0 Å². The Morgan fingerprint density at radius 3 is 2.77 bits per heavy atom. The number of aliphatic hydroxyl groups is 1. The van der Waals surface area contributed by atoms with Gasteiger partial charge in [-0.2, -0.15) is 0 Å². The zero-order valence-electron chi connectivity index (χ0n) is 7.66.